The van der Waals surface area contributed by atoms with E-state index in [0.717, 1.165) is 40.6 Å². The average Bonchev–Trinajstić information content (AvgIpc) is 3.26. The van der Waals surface area contributed by atoms with Crippen molar-refractivity contribution in [1.82, 2.24) is 15.3 Å². The zero-order chi connectivity index (χ0) is 25.6. The number of carbonyl (C=O) groups is 1. The van der Waals surface area contributed by atoms with E-state index in [-0.39, 0.29) is 28.7 Å². The number of carbonyl (C=O) groups excluding carboxylic acids is 1. The summed E-state index contributed by atoms with van der Waals surface area (Å²) in [4.78, 5) is 22.4. The van der Waals surface area contributed by atoms with Crippen molar-refractivity contribution in [3.05, 3.63) is 76.5 Å². The Balaban J connectivity index is 1.09. The van der Waals surface area contributed by atoms with Crippen LogP contribution in [0.2, 0.25) is 5.02 Å². The van der Waals surface area contributed by atoms with Gasteiger partial charge in [0.25, 0.3) is 10.0 Å². The second-order valence-corrected chi connectivity index (χ2v) is 12.5. The molecule has 6 rings (SSSR count). The molecular formula is C26H24ClN5O3S2. The highest BCUT2D eigenvalue weighted by Gasteiger charge is 2.44. The first kappa shape index (κ1) is 24.3. The van der Waals surface area contributed by atoms with Crippen LogP contribution in [0.1, 0.15) is 41.7 Å². The normalized spacial score (nSPS) is 21.2. The van der Waals surface area contributed by atoms with Crippen molar-refractivity contribution in [2.45, 2.75) is 36.1 Å². The third kappa shape index (κ3) is 5.06. The Morgan fingerprint density at radius 1 is 1.11 bits per heavy atom. The van der Waals surface area contributed by atoms with Crippen LogP contribution in [0.3, 0.4) is 0 Å². The number of hydrogen-bond donors (Lipinski definition) is 3. The number of amides is 1. The lowest BCUT2D eigenvalue weighted by Crippen LogP contribution is -2.14. The van der Waals surface area contributed by atoms with Crippen molar-refractivity contribution >= 4 is 60.5 Å². The van der Waals surface area contributed by atoms with Crippen LogP contribution < -0.4 is 15.4 Å². The monoisotopic (exact) mass is 553 g/mol. The van der Waals surface area contributed by atoms with E-state index in [4.69, 9.17) is 11.6 Å². The molecule has 2 aromatic heterocycles. The lowest BCUT2D eigenvalue weighted by Gasteiger charge is -2.08. The summed E-state index contributed by atoms with van der Waals surface area (Å²) in [6, 6.07) is 12.5. The fourth-order valence-electron chi connectivity index (χ4n) is 4.78. The first-order chi connectivity index (χ1) is 17.9. The number of hydrogen-bond acceptors (Lipinski definition) is 7. The lowest BCUT2D eigenvalue weighted by atomic mass is 10.1. The minimum Gasteiger partial charge on any atom is -0.326 e. The summed E-state index contributed by atoms with van der Waals surface area (Å²) in [5.41, 5.74) is 1.62. The summed E-state index contributed by atoms with van der Waals surface area (Å²) < 4.78 is 28.4. The Hall–Kier alpha value is -3.05. The van der Waals surface area contributed by atoms with Gasteiger partial charge in [0.15, 0.2) is 5.13 Å². The van der Waals surface area contributed by atoms with Crippen LogP contribution in [-0.4, -0.2) is 30.8 Å². The highest BCUT2D eigenvalue weighted by molar-refractivity contribution is 7.93. The largest absolute Gasteiger partial charge is 0.326 e. The Labute approximate surface area is 223 Å². The summed E-state index contributed by atoms with van der Waals surface area (Å²) in [5, 5.41) is 8.99. The second-order valence-electron chi connectivity index (χ2n) is 9.39. The Morgan fingerprint density at radius 2 is 1.95 bits per heavy atom. The van der Waals surface area contributed by atoms with Gasteiger partial charge in [0.05, 0.1) is 9.92 Å². The number of halogens is 1. The number of pyridine rings is 1. The zero-order valence-electron chi connectivity index (χ0n) is 19.6. The van der Waals surface area contributed by atoms with Crippen LogP contribution in [-0.2, 0) is 14.8 Å². The molecule has 190 valence electrons. The van der Waals surface area contributed by atoms with Gasteiger partial charge in [-0.2, -0.15) is 0 Å². The van der Waals surface area contributed by atoms with Gasteiger partial charge in [-0.15, -0.1) is 0 Å². The topological polar surface area (TPSA) is 113 Å². The standard InChI is InChI=1S/C26H24ClN5O3S2/c27-22-13-28-12-16-3-6-17(10-20(16)22)31-25(33)21-11-19(21)15-4-7-18(8-5-15)37(34,35)32-26-30-14-24(36-26)23-2-1-9-29-23/h3-8,10,12-14,19,21,23,29H,1-2,9,11H2,(H,30,32)(H,31,33)/t19-,21+,23?/m0/s1. The molecule has 1 aliphatic heterocycles. The summed E-state index contributed by atoms with van der Waals surface area (Å²) >= 11 is 7.59. The van der Waals surface area contributed by atoms with Crippen molar-refractivity contribution in [2.24, 2.45) is 5.92 Å². The summed E-state index contributed by atoms with van der Waals surface area (Å²) in [7, 11) is -3.75. The predicted molar refractivity (Wildman–Crippen MR) is 146 cm³/mol. The molecule has 1 aliphatic carbocycles. The molecule has 3 N–H and O–H groups in total. The summed E-state index contributed by atoms with van der Waals surface area (Å²) in [6.07, 6.45) is 7.89. The Morgan fingerprint density at radius 3 is 2.73 bits per heavy atom. The van der Waals surface area contributed by atoms with Gasteiger partial charge < -0.3 is 10.6 Å². The van der Waals surface area contributed by atoms with Crippen molar-refractivity contribution in [1.29, 1.82) is 0 Å². The summed E-state index contributed by atoms with van der Waals surface area (Å²) in [5.74, 6) is -0.176. The second kappa shape index (κ2) is 9.68. The molecule has 0 radical (unpaired) electrons. The number of nitrogens with one attached hydrogen (secondary N) is 3. The lowest BCUT2D eigenvalue weighted by molar-refractivity contribution is -0.117. The number of fused-ring (bicyclic) bond motifs is 1. The molecule has 1 saturated heterocycles. The molecule has 3 atom stereocenters. The van der Waals surface area contributed by atoms with Gasteiger partial charge in [0.1, 0.15) is 0 Å². The number of rotatable bonds is 7. The van der Waals surface area contributed by atoms with E-state index in [1.54, 1.807) is 42.9 Å². The van der Waals surface area contributed by atoms with Crippen LogP contribution in [0.5, 0.6) is 0 Å². The maximum atomic E-state index is 12.9. The zero-order valence-corrected chi connectivity index (χ0v) is 22.0. The highest BCUT2D eigenvalue weighted by atomic mass is 35.5. The van der Waals surface area contributed by atoms with Gasteiger partial charge in [-0.05, 0) is 61.6 Å². The van der Waals surface area contributed by atoms with Gasteiger partial charge >= 0.3 is 0 Å². The quantitative estimate of drug-likeness (QED) is 0.286. The molecule has 2 aromatic carbocycles. The van der Waals surface area contributed by atoms with Crippen molar-refractivity contribution in [3.8, 4) is 0 Å². The maximum absolute atomic E-state index is 12.9. The third-order valence-electron chi connectivity index (χ3n) is 6.87. The van der Waals surface area contributed by atoms with Crippen LogP contribution in [0.15, 0.2) is 66.0 Å². The van der Waals surface area contributed by atoms with Crippen LogP contribution >= 0.6 is 22.9 Å². The van der Waals surface area contributed by atoms with Crippen molar-refractivity contribution in [2.75, 3.05) is 16.6 Å². The third-order valence-corrected chi connectivity index (χ3v) is 9.69. The molecule has 0 spiro atoms. The van der Waals surface area contributed by atoms with E-state index in [0.29, 0.717) is 22.3 Å². The Kier molecular flexibility index (Phi) is 6.36. The van der Waals surface area contributed by atoms with Crippen LogP contribution in [0.4, 0.5) is 10.8 Å². The molecule has 3 heterocycles. The maximum Gasteiger partial charge on any atom is 0.263 e. The fourth-order valence-corrected chi connectivity index (χ4v) is 7.17. The minimum absolute atomic E-state index is 0.0541. The number of benzene rings is 2. The molecule has 1 amide bonds. The van der Waals surface area contributed by atoms with E-state index < -0.39 is 10.0 Å². The molecular weight excluding hydrogens is 530 g/mol. The average molecular weight is 554 g/mol. The van der Waals surface area contributed by atoms with E-state index in [1.165, 1.54) is 11.3 Å². The number of nitrogens with zero attached hydrogens (tertiary/aromatic N) is 2. The van der Waals surface area contributed by atoms with Gasteiger partial charge in [0.2, 0.25) is 5.91 Å². The first-order valence-corrected chi connectivity index (χ1v) is 14.7. The number of aromatic nitrogens is 2. The molecule has 1 saturated carbocycles. The molecule has 8 nitrogen and oxygen atoms in total. The Bertz CT molecular complexity index is 1580. The van der Waals surface area contributed by atoms with E-state index in [2.05, 4.69) is 25.3 Å². The van der Waals surface area contributed by atoms with Crippen LogP contribution in [0.25, 0.3) is 10.8 Å². The van der Waals surface area contributed by atoms with Crippen molar-refractivity contribution in [3.63, 3.8) is 0 Å². The number of anilines is 2. The van der Waals surface area contributed by atoms with E-state index in [9.17, 15) is 13.2 Å². The molecule has 4 aromatic rings. The first-order valence-electron chi connectivity index (χ1n) is 12.0. The van der Waals surface area contributed by atoms with E-state index >= 15 is 0 Å². The SMILES string of the molecule is O=C(Nc1ccc2cncc(Cl)c2c1)[C@@H]1C[C@H]1c1ccc(S(=O)(=O)Nc2ncc(C3CCCN3)s2)cc1. The molecule has 2 fully saturated rings. The van der Waals surface area contributed by atoms with Gasteiger partial charge in [-0.3, -0.25) is 14.5 Å². The minimum atomic E-state index is -3.75. The highest BCUT2D eigenvalue weighted by Crippen LogP contribution is 2.48. The molecule has 11 heteroatoms. The van der Waals surface area contributed by atoms with Gasteiger partial charge in [-0.1, -0.05) is 41.1 Å². The molecule has 2 aliphatic rings. The van der Waals surface area contributed by atoms with E-state index in [1.807, 2.05) is 18.2 Å². The smallest absolute Gasteiger partial charge is 0.263 e. The van der Waals surface area contributed by atoms with Gasteiger partial charge in [0, 0.05) is 51.9 Å². The molecule has 1 unspecified atom stereocenters. The van der Waals surface area contributed by atoms with Crippen molar-refractivity contribution < 1.29 is 13.2 Å². The number of thiazole rings is 1. The molecule has 37 heavy (non-hydrogen) atoms. The van der Waals surface area contributed by atoms with Gasteiger partial charge in [-0.25, -0.2) is 13.4 Å². The molecule has 0 bridgehead atoms. The van der Waals surface area contributed by atoms with Crippen LogP contribution in [0, 0.1) is 5.92 Å². The predicted octanol–water partition coefficient (Wildman–Crippen LogP) is 5.31. The number of sulfonamides is 1. The summed E-state index contributed by atoms with van der Waals surface area (Å²) in [6.45, 7) is 0.968. The fraction of sp³-hybridized carbons (Fsp3) is 0.269.